The number of non-ortho nitro benzene ring substituents is 1. The van der Waals surface area contributed by atoms with Gasteiger partial charge in [-0.1, -0.05) is 70.1 Å². The minimum Gasteiger partial charge on any atom is -0.494 e. The number of rotatable bonds is 16. The Balaban J connectivity index is 1.42. The molecule has 7 heteroatoms. The SMILES string of the molecule is CCCCCCCCCCOc1ccc(C(=O)Oc2ccc(C(=O)/C=C/c3cccc([N+](=O)[O-])c3)cc2)cc1. The van der Waals surface area contributed by atoms with Crippen molar-refractivity contribution in [3.63, 3.8) is 0 Å². The molecular weight excluding hydrogens is 494 g/mol. The number of esters is 1. The quantitative estimate of drug-likeness (QED) is 0.0353. The highest BCUT2D eigenvalue weighted by Crippen LogP contribution is 2.19. The molecule has 3 aromatic carbocycles. The first kappa shape index (κ1) is 29.3. The first-order chi connectivity index (χ1) is 19.0. The normalized spacial score (nSPS) is 10.9. The van der Waals surface area contributed by atoms with Gasteiger partial charge in [0.1, 0.15) is 11.5 Å². The first-order valence-electron chi connectivity index (χ1n) is 13.5. The molecule has 0 aliphatic carbocycles. The second-order valence-corrected chi connectivity index (χ2v) is 9.31. The number of benzene rings is 3. The van der Waals surface area contributed by atoms with E-state index in [-0.39, 0.29) is 11.5 Å². The summed E-state index contributed by atoms with van der Waals surface area (Å²) in [5, 5.41) is 10.9. The summed E-state index contributed by atoms with van der Waals surface area (Å²) < 4.78 is 11.2. The molecule has 0 aliphatic rings. The van der Waals surface area contributed by atoms with Gasteiger partial charge in [-0.3, -0.25) is 14.9 Å². The van der Waals surface area contributed by atoms with Gasteiger partial charge in [0.2, 0.25) is 0 Å². The molecule has 7 nitrogen and oxygen atoms in total. The lowest BCUT2D eigenvalue weighted by Gasteiger charge is -2.08. The molecule has 0 aliphatic heterocycles. The molecule has 0 aromatic heterocycles. The molecule has 204 valence electrons. The van der Waals surface area contributed by atoms with E-state index >= 15 is 0 Å². The standard InChI is InChI=1S/C32H35NO6/c1-2-3-4-5-6-7-8-9-23-38-29-18-16-27(17-19-29)32(35)39-30-20-14-26(15-21-30)31(34)22-13-25-11-10-12-28(24-25)33(36)37/h10-22,24H,2-9,23H2,1H3/b22-13+. The smallest absolute Gasteiger partial charge is 0.343 e. The Labute approximate surface area is 229 Å². The van der Waals surface area contributed by atoms with Crippen LogP contribution >= 0.6 is 0 Å². The highest BCUT2D eigenvalue weighted by Gasteiger charge is 2.10. The summed E-state index contributed by atoms with van der Waals surface area (Å²) in [4.78, 5) is 35.4. The lowest BCUT2D eigenvalue weighted by Crippen LogP contribution is -2.08. The molecule has 0 saturated heterocycles. The van der Waals surface area contributed by atoms with Gasteiger partial charge in [-0.25, -0.2) is 4.79 Å². The summed E-state index contributed by atoms with van der Waals surface area (Å²) >= 11 is 0. The Kier molecular flexibility index (Phi) is 11.9. The first-order valence-corrected chi connectivity index (χ1v) is 13.5. The van der Waals surface area contributed by atoms with Crippen molar-refractivity contribution in [2.24, 2.45) is 0 Å². The van der Waals surface area contributed by atoms with Crippen LogP contribution in [0.2, 0.25) is 0 Å². The van der Waals surface area contributed by atoms with Gasteiger partial charge in [-0.15, -0.1) is 0 Å². The molecule has 3 aromatic rings. The molecule has 0 N–H and O–H groups in total. The number of ketones is 1. The van der Waals surface area contributed by atoms with Crippen LogP contribution in [0.5, 0.6) is 11.5 Å². The lowest BCUT2D eigenvalue weighted by atomic mass is 10.1. The molecule has 0 amide bonds. The van der Waals surface area contributed by atoms with Crippen molar-refractivity contribution in [1.82, 2.24) is 0 Å². The lowest BCUT2D eigenvalue weighted by molar-refractivity contribution is -0.384. The fraction of sp³-hybridized carbons (Fsp3) is 0.312. The number of nitrogens with zero attached hydrogens (tertiary/aromatic N) is 1. The van der Waals surface area contributed by atoms with Crippen LogP contribution in [-0.2, 0) is 0 Å². The minimum absolute atomic E-state index is 0.0447. The maximum atomic E-state index is 12.5. The van der Waals surface area contributed by atoms with Gasteiger partial charge in [0.25, 0.3) is 5.69 Å². The third-order valence-corrected chi connectivity index (χ3v) is 6.21. The molecule has 0 fully saturated rings. The third-order valence-electron chi connectivity index (χ3n) is 6.21. The second-order valence-electron chi connectivity index (χ2n) is 9.31. The summed E-state index contributed by atoms with van der Waals surface area (Å²) in [5.41, 5.74) is 1.30. The van der Waals surface area contributed by atoms with E-state index < -0.39 is 10.9 Å². The molecule has 0 radical (unpaired) electrons. The Bertz CT molecular complexity index is 1250. The number of ether oxygens (including phenoxy) is 2. The van der Waals surface area contributed by atoms with E-state index in [1.165, 1.54) is 62.8 Å². The molecule has 0 saturated carbocycles. The number of unbranched alkanes of at least 4 members (excludes halogenated alkanes) is 7. The highest BCUT2D eigenvalue weighted by atomic mass is 16.6. The molecule has 0 unspecified atom stereocenters. The number of allylic oxidation sites excluding steroid dienone is 1. The highest BCUT2D eigenvalue weighted by molar-refractivity contribution is 6.07. The van der Waals surface area contributed by atoms with Gasteiger partial charge >= 0.3 is 5.97 Å². The van der Waals surface area contributed by atoms with Crippen LogP contribution in [0.4, 0.5) is 5.69 Å². The van der Waals surface area contributed by atoms with Gasteiger partial charge in [0.15, 0.2) is 5.78 Å². The zero-order valence-corrected chi connectivity index (χ0v) is 22.3. The predicted octanol–water partition coefficient (Wildman–Crippen LogP) is 8.23. The number of nitro groups is 1. The van der Waals surface area contributed by atoms with E-state index in [0.29, 0.717) is 29.0 Å². The number of hydrogen-bond donors (Lipinski definition) is 0. The Morgan fingerprint density at radius 1 is 0.795 bits per heavy atom. The fourth-order valence-corrected chi connectivity index (χ4v) is 3.98. The largest absolute Gasteiger partial charge is 0.494 e. The van der Waals surface area contributed by atoms with Crippen molar-refractivity contribution in [3.8, 4) is 11.5 Å². The summed E-state index contributed by atoms with van der Waals surface area (Å²) in [7, 11) is 0. The zero-order chi connectivity index (χ0) is 27.9. The van der Waals surface area contributed by atoms with Crippen molar-refractivity contribution in [3.05, 3.63) is 106 Å². The molecule has 0 bridgehead atoms. The van der Waals surface area contributed by atoms with Gasteiger partial charge in [-0.05, 0) is 66.6 Å². The van der Waals surface area contributed by atoms with Crippen LogP contribution in [0.1, 0.15) is 84.6 Å². The van der Waals surface area contributed by atoms with Crippen molar-refractivity contribution >= 4 is 23.5 Å². The molecule has 0 spiro atoms. The molecular formula is C32H35NO6. The average Bonchev–Trinajstić information content (AvgIpc) is 2.96. The number of carbonyl (C=O) groups is 2. The maximum Gasteiger partial charge on any atom is 0.343 e. The Hall–Kier alpha value is -4.26. The van der Waals surface area contributed by atoms with E-state index in [0.717, 1.165) is 18.6 Å². The molecule has 39 heavy (non-hydrogen) atoms. The predicted molar refractivity (Wildman–Crippen MR) is 152 cm³/mol. The number of carbonyl (C=O) groups excluding carboxylic acids is 2. The van der Waals surface area contributed by atoms with Crippen LogP contribution in [-0.4, -0.2) is 23.3 Å². The summed E-state index contributed by atoms with van der Waals surface area (Å²) in [5.74, 6) is 0.251. The van der Waals surface area contributed by atoms with Crippen LogP contribution in [0.15, 0.2) is 78.9 Å². The van der Waals surface area contributed by atoms with Crippen molar-refractivity contribution in [2.45, 2.75) is 58.3 Å². The van der Waals surface area contributed by atoms with Gasteiger partial charge < -0.3 is 9.47 Å². The van der Waals surface area contributed by atoms with Gasteiger partial charge in [0.05, 0.1) is 17.1 Å². The van der Waals surface area contributed by atoms with E-state index in [9.17, 15) is 19.7 Å². The zero-order valence-electron chi connectivity index (χ0n) is 22.3. The van der Waals surface area contributed by atoms with Crippen molar-refractivity contribution in [2.75, 3.05) is 6.61 Å². The minimum atomic E-state index is -0.505. The average molecular weight is 530 g/mol. The van der Waals surface area contributed by atoms with Crippen LogP contribution in [0.25, 0.3) is 6.08 Å². The Morgan fingerprint density at radius 2 is 1.41 bits per heavy atom. The number of nitro benzene ring substituents is 1. The van der Waals surface area contributed by atoms with E-state index in [1.807, 2.05) is 0 Å². The maximum absolute atomic E-state index is 12.5. The van der Waals surface area contributed by atoms with E-state index in [2.05, 4.69) is 6.92 Å². The molecule has 3 rings (SSSR count). The topological polar surface area (TPSA) is 95.7 Å². The summed E-state index contributed by atoms with van der Waals surface area (Å²) in [6, 6.07) is 19.1. The number of hydrogen-bond acceptors (Lipinski definition) is 6. The molecule has 0 atom stereocenters. The van der Waals surface area contributed by atoms with Crippen LogP contribution in [0.3, 0.4) is 0 Å². The monoisotopic (exact) mass is 529 g/mol. The van der Waals surface area contributed by atoms with Crippen molar-refractivity contribution < 1.29 is 24.0 Å². The summed E-state index contributed by atoms with van der Waals surface area (Å²) in [6.07, 6.45) is 12.8. The van der Waals surface area contributed by atoms with Crippen molar-refractivity contribution in [1.29, 1.82) is 0 Å². The second kappa shape index (κ2) is 15.9. The molecule has 0 heterocycles. The third kappa shape index (κ3) is 10.2. The van der Waals surface area contributed by atoms with Crippen LogP contribution < -0.4 is 9.47 Å². The van der Waals surface area contributed by atoms with Gasteiger partial charge in [-0.2, -0.15) is 0 Å². The summed E-state index contributed by atoms with van der Waals surface area (Å²) in [6.45, 7) is 2.88. The van der Waals surface area contributed by atoms with Crippen LogP contribution in [0, 0.1) is 10.1 Å². The fourth-order valence-electron chi connectivity index (χ4n) is 3.98. The Morgan fingerprint density at radius 3 is 2.08 bits per heavy atom. The van der Waals surface area contributed by atoms with Gasteiger partial charge in [0, 0.05) is 17.7 Å². The van der Waals surface area contributed by atoms with E-state index in [4.69, 9.17) is 9.47 Å². The van der Waals surface area contributed by atoms with E-state index in [1.54, 1.807) is 60.7 Å².